The second-order valence-electron chi connectivity index (χ2n) is 6.22. The molecule has 5 nitrogen and oxygen atoms in total. The fourth-order valence-electron chi connectivity index (χ4n) is 2.21. The number of hydrazine groups is 1. The molecule has 0 radical (unpaired) electrons. The van der Waals surface area contributed by atoms with Gasteiger partial charge in [-0.3, -0.25) is 5.43 Å². The van der Waals surface area contributed by atoms with Crippen molar-refractivity contribution in [1.82, 2.24) is 15.8 Å². The normalized spacial score (nSPS) is 23.5. The van der Waals surface area contributed by atoms with Gasteiger partial charge in [-0.25, -0.2) is 10.2 Å². The first kappa shape index (κ1) is 15.2. The van der Waals surface area contributed by atoms with Gasteiger partial charge in [0.15, 0.2) is 0 Å². The van der Waals surface area contributed by atoms with E-state index in [0.717, 1.165) is 6.54 Å². The van der Waals surface area contributed by atoms with Gasteiger partial charge >= 0.3 is 6.09 Å². The molecule has 1 aliphatic rings. The van der Waals surface area contributed by atoms with Crippen LogP contribution < -0.4 is 10.9 Å². The Kier molecular flexibility index (Phi) is 5.41. The summed E-state index contributed by atoms with van der Waals surface area (Å²) in [5.41, 5.74) is 5.21. The Balaban J connectivity index is 2.28. The van der Waals surface area contributed by atoms with Crippen LogP contribution >= 0.6 is 0 Å². The van der Waals surface area contributed by atoms with Gasteiger partial charge in [-0.1, -0.05) is 0 Å². The Morgan fingerprint density at radius 1 is 1.44 bits per heavy atom. The van der Waals surface area contributed by atoms with E-state index in [1.165, 1.54) is 19.4 Å². The second kappa shape index (κ2) is 6.38. The standard InChI is InChI=1S/C13H27N3O2/c1-10(11-7-6-8-16(5)9-11)14-15-12(17)18-13(2,3)4/h10-11,14H,6-9H2,1-5H3,(H,15,17). The molecule has 1 heterocycles. The third-order valence-corrected chi connectivity index (χ3v) is 3.17. The zero-order valence-electron chi connectivity index (χ0n) is 12.2. The van der Waals surface area contributed by atoms with E-state index in [-0.39, 0.29) is 6.04 Å². The van der Waals surface area contributed by atoms with E-state index in [2.05, 4.69) is 29.7 Å². The number of carbonyl (C=O) groups excluding carboxylic acids is 1. The fraction of sp³-hybridized carbons (Fsp3) is 0.923. The largest absolute Gasteiger partial charge is 0.443 e. The molecule has 0 aromatic heterocycles. The van der Waals surface area contributed by atoms with Crippen LogP contribution in [0.15, 0.2) is 0 Å². The number of nitrogens with one attached hydrogen (secondary N) is 2. The smallest absolute Gasteiger partial charge is 0.422 e. The van der Waals surface area contributed by atoms with Crippen LogP contribution in [0.25, 0.3) is 0 Å². The average Bonchev–Trinajstić information content (AvgIpc) is 2.23. The first-order chi connectivity index (χ1) is 8.28. The van der Waals surface area contributed by atoms with Crippen molar-refractivity contribution in [3.05, 3.63) is 0 Å². The number of nitrogens with zero attached hydrogens (tertiary/aromatic N) is 1. The molecule has 0 spiro atoms. The number of hydrogen-bond acceptors (Lipinski definition) is 4. The fourth-order valence-corrected chi connectivity index (χ4v) is 2.21. The summed E-state index contributed by atoms with van der Waals surface area (Å²) >= 11 is 0. The number of carbonyl (C=O) groups is 1. The van der Waals surface area contributed by atoms with Gasteiger partial charge in [0.25, 0.3) is 0 Å². The molecular formula is C13H27N3O2. The van der Waals surface area contributed by atoms with Crippen LogP contribution in [-0.4, -0.2) is 42.8 Å². The summed E-state index contributed by atoms with van der Waals surface area (Å²) in [6, 6.07) is 0.250. The maximum absolute atomic E-state index is 11.5. The molecule has 1 saturated heterocycles. The number of likely N-dealkylation sites (tertiary alicyclic amines) is 1. The van der Waals surface area contributed by atoms with Crippen molar-refractivity contribution in [2.45, 2.75) is 52.2 Å². The van der Waals surface area contributed by atoms with Crippen LogP contribution in [0, 0.1) is 5.92 Å². The third-order valence-electron chi connectivity index (χ3n) is 3.17. The Morgan fingerprint density at radius 2 is 2.11 bits per heavy atom. The number of ether oxygens (including phenoxy) is 1. The summed E-state index contributed by atoms with van der Waals surface area (Å²) in [7, 11) is 2.14. The predicted molar refractivity (Wildman–Crippen MR) is 72.2 cm³/mol. The molecule has 18 heavy (non-hydrogen) atoms. The minimum Gasteiger partial charge on any atom is -0.443 e. The Hall–Kier alpha value is -0.810. The summed E-state index contributed by atoms with van der Waals surface area (Å²) in [5.74, 6) is 0.568. The van der Waals surface area contributed by atoms with Crippen LogP contribution in [0.2, 0.25) is 0 Å². The SMILES string of the molecule is CC(NNC(=O)OC(C)(C)C)C1CCCN(C)C1. The lowest BCUT2D eigenvalue weighted by molar-refractivity contribution is 0.0473. The van der Waals surface area contributed by atoms with Gasteiger partial charge in [0.2, 0.25) is 0 Å². The number of amides is 1. The van der Waals surface area contributed by atoms with Gasteiger partial charge in [0.1, 0.15) is 5.60 Å². The molecule has 1 rings (SSSR count). The van der Waals surface area contributed by atoms with E-state index in [0.29, 0.717) is 5.92 Å². The van der Waals surface area contributed by atoms with Crippen LogP contribution in [0.3, 0.4) is 0 Å². The summed E-state index contributed by atoms with van der Waals surface area (Å²) in [6.07, 6.45) is 2.01. The quantitative estimate of drug-likeness (QED) is 0.756. The van der Waals surface area contributed by atoms with E-state index in [1.807, 2.05) is 20.8 Å². The molecule has 1 fully saturated rings. The van der Waals surface area contributed by atoms with Crippen molar-refractivity contribution >= 4 is 6.09 Å². The monoisotopic (exact) mass is 257 g/mol. The average molecular weight is 257 g/mol. The van der Waals surface area contributed by atoms with E-state index in [1.54, 1.807) is 0 Å². The molecule has 5 heteroatoms. The highest BCUT2D eigenvalue weighted by Gasteiger charge is 2.23. The van der Waals surface area contributed by atoms with Crippen LogP contribution in [0.5, 0.6) is 0 Å². The third kappa shape index (κ3) is 5.69. The van der Waals surface area contributed by atoms with E-state index in [9.17, 15) is 4.79 Å². The van der Waals surface area contributed by atoms with Gasteiger partial charge in [0.05, 0.1) is 0 Å². The minimum atomic E-state index is -0.458. The molecule has 0 aromatic carbocycles. The van der Waals surface area contributed by atoms with Crippen molar-refractivity contribution in [2.24, 2.45) is 5.92 Å². The Labute approximate surface area is 110 Å². The number of rotatable bonds is 3. The zero-order chi connectivity index (χ0) is 13.8. The van der Waals surface area contributed by atoms with Gasteiger partial charge in [-0.15, -0.1) is 0 Å². The molecule has 2 atom stereocenters. The van der Waals surface area contributed by atoms with E-state index in [4.69, 9.17) is 4.74 Å². The lowest BCUT2D eigenvalue weighted by atomic mass is 9.92. The zero-order valence-corrected chi connectivity index (χ0v) is 12.2. The van der Waals surface area contributed by atoms with Crippen LogP contribution in [0.1, 0.15) is 40.5 Å². The van der Waals surface area contributed by atoms with Crippen molar-refractivity contribution in [3.8, 4) is 0 Å². The van der Waals surface area contributed by atoms with Crippen molar-refractivity contribution < 1.29 is 9.53 Å². The van der Waals surface area contributed by atoms with Gasteiger partial charge in [-0.05, 0) is 60.0 Å². The van der Waals surface area contributed by atoms with E-state index < -0.39 is 11.7 Å². The maximum atomic E-state index is 11.5. The van der Waals surface area contributed by atoms with Gasteiger partial charge in [-0.2, -0.15) is 0 Å². The molecule has 2 unspecified atom stereocenters. The topological polar surface area (TPSA) is 53.6 Å². The Morgan fingerprint density at radius 3 is 2.67 bits per heavy atom. The van der Waals surface area contributed by atoms with E-state index >= 15 is 0 Å². The summed E-state index contributed by atoms with van der Waals surface area (Å²) < 4.78 is 5.17. The highest BCUT2D eigenvalue weighted by molar-refractivity contribution is 5.67. The Bertz CT molecular complexity index is 276. The van der Waals surface area contributed by atoms with Crippen LogP contribution in [-0.2, 0) is 4.74 Å². The molecule has 0 aromatic rings. The van der Waals surface area contributed by atoms with Crippen LogP contribution in [0.4, 0.5) is 4.79 Å². The molecule has 0 saturated carbocycles. The summed E-state index contributed by atoms with van der Waals surface area (Å²) in [6.45, 7) is 9.90. The lowest BCUT2D eigenvalue weighted by Crippen LogP contribution is -2.50. The highest BCUT2D eigenvalue weighted by atomic mass is 16.6. The maximum Gasteiger partial charge on any atom is 0.422 e. The molecule has 1 aliphatic heterocycles. The lowest BCUT2D eigenvalue weighted by Gasteiger charge is -2.34. The molecular weight excluding hydrogens is 230 g/mol. The summed E-state index contributed by atoms with van der Waals surface area (Å²) in [4.78, 5) is 13.8. The second-order valence-corrected chi connectivity index (χ2v) is 6.22. The van der Waals surface area contributed by atoms with Crippen molar-refractivity contribution in [3.63, 3.8) is 0 Å². The first-order valence-electron chi connectivity index (χ1n) is 6.71. The molecule has 0 aliphatic carbocycles. The molecule has 1 amide bonds. The molecule has 2 N–H and O–H groups in total. The predicted octanol–water partition coefficient (Wildman–Crippen LogP) is 1.75. The number of hydrogen-bond donors (Lipinski definition) is 2. The molecule has 106 valence electrons. The molecule has 0 bridgehead atoms. The van der Waals surface area contributed by atoms with Gasteiger partial charge < -0.3 is 9.64 Å². The first-order valence-corrected chi connectivity index (χ1v) is 6.71. The minimum absolute atomic E-state index is 0.250. The number of piperidine rings is 1. The summed E-state index contributed by atoms with van der Waals surface area (Å²) in [5, 5.41) is 0. The van der Waals surface area contributed by atoms with Crippen molar-refractivity contribution in [1.29, 1.82) is 0 Å². The van der Waals surface area contributed by atoms with Gasteiger partial charge in [0, 0.05) is 12.6 Å². The highest BCUT2D eigenvalue weighted by Crippen LogP contribution is 2.18. The van der Waals surface area contributed by atoms with Crippen molar-refractivity contribution in [2.75, 3.05) is 20.1 Å².